The molecule has 0 bridgehead atoms. The molecule has 1 aliphatic rings. The van der Waals surface area contributed by atoms with Crippen molar-refractivity contribution in [1.82, 2.24) is 0 Å². The molecule has 1 aliphatic heterocycles. The molecule has 0 N–H and O–H groups in total. The number of halogens is 1. The minimum Gasteiger partial charge on any atom is -0.479 e. The molecule has 1 heterocycles. The minimum atomic E-state index is -0.765. The number of hydrogen-bond donors (Lipinski definition) is 0. The molecule has 0 unspecified atom stereocenters. The second kappa shape index (κ2) is 6.99. The summed E-state index contributed by atoms with van der Waals surface area (Å²) in [7, 11) is 1.29. The lowest BCUT2D eigenvalue weighted by Crippen LogP contribution is -2.24. The van der Waals surface area contributed by atoms with Crippen LogP contribution < -0.4 is 9.47 Å². The van der Waals surface area contributed by atoms with E-state index in [1.54, 1.807) is 43.3 Å². The topological polar surface area (TPSA) is 61.8 Å². The molecule has 2 aromatic rings. The summed E-state index contributed by atoms with van der Waals surface area (Å²) in [6.45, 7) is 1.58. The zero-order chi connectivity index (χ0) is 18.0. The van der Waals surface area contributed by atoms with Gasteiger partial charge in [-0.3, -0.25) is 4.79 Å². The molecular formula is C19H15ClO5. The third-order valence-electron chi connectivity index (χ3n) is 3.68. The molecule has 0 aromatic heterocycles. The summed E-state index contributed by atoms with van der Waals surface area (Å²) in [5.74, 6) is 0.238. The molecule has 5 nitrogen and oxygen atoms in total. The lowest BCUT2D eigenvalue weighted by molar-refractivity contribution is -0.147. The zero-order valence-electron chi connectivity index (χ0n) is 13.6. The quantitative estimate of drug-likeness (QED) is 0.612. The van der Waals surface area contributed by atoms with Crippen molar-refractivity contribution >= 4 is 29.4 Å². The van der Waals surface area contributed by atoms with Gasteiger partial charge < -0.3 is 14.2 Å². The average Bonchev–Trinajstić information content (AvgIpc) is 2.91. The Labute approximate surface area is 149 Å². The van der Waals surface area contributed by atoms with Crippen molar-refractivity contribution in [1.29, 1.82) is 0 Å². The number of allylic oxidation sites excluding steroid dienone is 1. The molecule has 0 saturated carbocycles. The van der Waals surface area contributed by atoms with Crippen LogP contribution in [0.1, 0.15) is 22.8 Å². The van der Waals surface area contributed by atoms with Gasteiger partial charge in [-0.15, -0.1) is 0 Å². The summed E-state index contributed by atoms with van der Waals surface area (Å²) in [6.07, 6.45) is 0.834. The fourth-order valence-electron chi connectivity index (χ4n) is 2.39. The van der Waals surface area contributed by atoms with Crippen LogP contribution in [0.2, 0.25) is 5.02 Å². The van der Waals surface area contributed by atoms with E-state index in [1.165, 1.54) is 7.11 Å². The van der Waals surface area contributed by atoms with Gasteiger partial charge in [0.25, 0.3) is 0 Å². The summed E-state index contributed by atoms with van der Waals surface area (Å²) in [4.78, 5) is 23.9. The highest BCUT2D eigenvalue weighted by Crippen LogP contribution is 2.35. The van der Waals surface area contributed by atoms with E-state index in [0.29, 0.717) is 27.6 Å². The van der Waals surface area contributed by atoms with Crippen LogP contribution in [0.3, 0.4) is 0 Å². The van der Waals surface area contributed by atoms with Crippen molar-refractivity contribution in [3.8, 4) is 11.5 Å². The number of hydrogen-bond acceptors (Lipinski definition) is 5. The lowest BCUT2D eigenvalue weighted by Gasteiger charge is -2.12. The van der Waals surface area contributed by atoms with Gasteiger partial charge in [0, 0.05) is 11.1 Å². The summed E-state index contributed by atoms with van der Waals surface area (Å²) < 4.78 is 15.8. The van der Waals surface area contributed by atoms with Gasteiger partial charge in [-0.1, -0.05) is 29.8 Å². The standard InChI is InChI=1S/C19H15ClO5/c1-11(19(22)23-2)24-13-7-8-14-16(10-13)25-17(18(14)21)9-12-5-3-4-6-15(12)20/h3-11H,1-2H3/b17-9-/t11-/m1/s1. The van der Waals surface area contributed by atoms with E-state index < -0.39 is 12.1 Å². The van der Waals surface area contributed by atoms with Crippen LogP contribution >= 0.6 is 11.6 Å². The number of rotatable bonds is 4. The van der Waals surface area contributed by atoms with E-state index in [-0.39, 0.29) is 11.5 Å². The third kappa shape index (κ3) is 3.51. The van der Waals surface area contributed by atoms with Crippen LogP contribution in [0.25, 0.3) is 6.08 Å². The normalized spacial score (nSPS) is 15.5. The zero-order valence-corrected chi connectivity index (χ0v) is 14.4. The third-order valence-corrected chi connectivity index (χ3v) is 4.02. The highest BCUT2D eigenvalue weighted by Gasteiger charge is 2.28. The predicted molar refractivity (Wildman–Crippen MR) is 92.9 cm³/mol. The number of ether oxygens (including phenoxy) is 3. The Morgan fingerprint density at radius 3 is 2.72 bits per heavy atom. The first-order valence-corrected chi connectivity index (χ1v) is 7.94. The van der Waals surface area contributed by atoms with E-state index in [9.17, 15) is 9.59 Å². The fraction of sp³-hybridized carbons (Fsp3) is 0.158. The number of fused-ring (bicyclic) bond motifs is 1. The lowest BCUT2D eigenvalue weighted by atomic mass is 10.1. The molecule has 0 radical (unpaired) electrons. The maximum atomic E-state index is 12.4. The van der Waals surface area contributed by atoms with Crippen LogP contribution in [-0.2, 0) is 9.53 Å². The second-order valence-corrected chi connectivity index (χ2v) is 5.81. The molecule has 1 atom stereocenters. The Morgan fingerprint density at radius 2 is 2.00 bits per heavy atom. The molecule has 0 amide bonds. The van der Waals surface area contributed by atoms with Crippen LogP contribution in [0.5, 0.6) is 11.5 Å². The van der Waals surface area contributed by atoms with Gasteiger partial charge >= 0.3 is 5.97 Å². The number of carbonyl (C=O) groups excluding carboxylic acids is 2. The van der Waals surface area contributed by atoms with Crippen LogP contribution in [0, 0.1) is 0 Å². The van der Waals surface area contributed by atoms with Crippen LogP contribution in [0.15, 0.2) is 48.2 Å². The highest BCUT2D eigenvalue weighted by molar-refractivity contribution is 6.32. The van der Waals surface area contributed by atoms with Crippen molar-refractivity contribution in [3.05, 3.63) is 64.4 Å². The van der Waals surface area contributed by atoms with Gasteiger partial charge in [-0.2, -0.15) is 0 Å². The first kappa shape index (κ1) is 17.0. The molecule has 0 fully saturated rings. The molecule has 0 aliphatic carbocycles. The van der Waals surface area contributed by atoms with E-state index in [2.05, 4.69) is 4.74 Å². The molecule has 25 heavy (non-hydrogen) atoms. The van der Waals surface area contributed by atoms with Crippen molar-refractivity contribution in [2.45, 2.75) is 13.0 Å². The number of esters is 1. The van der Waals surface area contributed by atoms with Crippen LogP contribution in [0.4, 0.5) is 0 Å². The van der Waals surface area contributed by atoms with Gasteiger partial charge in [0.05, 0.1) is 12.7 Å². The number of ketones is 1. The van der Waals surface area contributed by atoms with Crippen molar-refractivity contribution in [3.63, 3.8) is 0 Å². The summed E-state index contributed by atoms with van der Waals surface area (Å²) in [6, 6.07) is 11.9. The summed E-state index contributed by atoms with van der Waals surface area (Å²) >= 11 is 6.11. The van der Waals surface area contributed by atoms with Gasteiger partial charge in [0.2, 0.25) is 5.78 Å². The number of carbonyl (C=O) groups is 2. The number of benzene rings is 2. The summed E-state index contributed by atoms with van der Waals surface area (Å²) in [5, 5.41) is 0.526. The molecule has 0 saturated heterocycles. The SMILES string of the molecule is COC(=O)[C@@H](C)Oc1ccc2c(c1)O/C(=C\c1ccccc1Cl)C2=O. The minimum absolute atomic E-state index is 0.182. The Balaban J connectivity index is 1.84. The van der Waals surface area contributed by atoms with E-state index in [0.717, 1.165) is 0 Å². The van der Waals surface area contributed by atoms with Crippen molar-refractivity contribution < 1.29 is 23.8 Å². The Morgan fingerprint density at radius 1 is 1.24 bits per heavy atom. The highest BCUT2D eigenvalue weighted by atomic mass is 35.5. The Hall–Kier alpha value is -2.79. The second-order valence-electron chi connectivity index (χ2n) is 5.40. The molecule has 2 aromatic carbocycles. The first-order chi connectivity index (χ1) is 12.0. The maximum absolute atomic E-state index is 12.4. The smallest absolute Gasteiger partial charge is 0.346 e. The van der Waals surface area contributed by atoms with Crippen molar-refractivity contribution in [2.24, 2.45) is 0 Å². The number of methoxy groups -OCH3 is 1. The summed E-state index contributed by atoms with van der Waals surface area (Å²) in [5.41, 5.74) is 1.12. The molecule has 0 spiro atoms. The molecule has 6 heteroatoms. The van der Waals surface area contributed by atoms with Crippen molar-refractivity contribution in [2.75, 3.05) is 7.11 Å². The average molecular weight is 359 g/mol. The monoisotopic (exact) mass is 358 g/mol. The predicted octanol–water partition coefficient (Wildman–Crippen LogP) is 3.90. The van der Waals surface area contributed by atoms with Gasteiger partial charge in [0.1, 0.15) is 11.5 Å². The maximum Gasteiger partial charge on any atom is 0.346 e. The van der Waals surface area contributed by atoms with Gasteiger partial charge in [-0.05, 0) is 36.8 Å². The first-order valence-electron chi connectivity index (χ1n) is 7.57. The molecular weight excluding hydrogens is 344 g/mol. The molecule has 3 rings (SSSR count). The van der Waals surface area contributed by atoms with Gasteiger partial charge in [-0.25, -0.2) is 4.79 Å². The van der Waals surface area contributed by atoms with Crippen LogP contribution in [-0.4, -0.2) is 25.0 Å². The molecule has 128 valence electrons. The van der Waals surface area contributed by atoms with Gasteiger partial charge in [0.15, 0.2) is 11.9 Å². The number of Topliss-reactive ketones (excluding diaryl/α,β-unsaturated/α-hetero) is 1. The van der Waals surface area contributed by atoms with E-state index in [4.69, 9.17) is 21.1 Å². The Kier molecular flexibility index (Phi) is 4.76. The Bertz CT molecular complexity index is 872. The fourth-order valence-corrected chi connectivity index (χ4v) is 2.58. The largest absolute Gasteiger partial charge is 0.479 e. The van der Waals surface area contributed by atoms with E-state index >= 15 is 0 Å². The van der Waals surface area contributed by atoms with E-state index in [1.807, 2.05) is 12.1 Å².